The van der Waals surface area contributed by atoms with Crippen LogP contribution in [0.25, 0.3) is 10.2 Å². The maximum absolute atomic E-state index is 12.8. The molecule has 2 aromatic heterocycles. The Labute approximate surface area is 170 Å². The molecule has 1 N–H and O–H groups in total. The SMILES string of the molecule is Cc1nn(CC(C)C)c2sc(C(=O)N[C@@H]3CCN(Cc4ccccc4)C3)cc12. The van der Waals surface area contributed by atoms with Gasteiger partial charge in [-0.15, -0.1) is 11.3 Å². The number of nitrogens with zero attached hydrogens (tertiary/aromatic N) is 3. The number of aromatic nitrogens is 2. The number of hydrogen-bond donors (Lipinski definition) is 1. The molecule has 0 radical (unpaired) electrons. The minimum absolute atomic E-state index is 0.0447. The second kappa shape index (κ2) is 8.05. The van der Waals surface area contributed by atoms with E-state index in [1.165, 1.54) is 5.56 Å². The van der Waals surface area contributed by atoms with E-state index in [9.17, 15) is 4.79 Å². The van der Waals surface area contributed by atoms with Crippen LogP contribution in [0.5, 0.6) is 0 Å². The minimum Gasteiger partial charge on any atom is -0.347 e. The van der Waals surface area contributed by atoms with E-state index >= 15 is 0 Å². The van der Waals surface area contributed by atoms with Gasteiger partial charge in [-0.05, 0) is 30.9 Å². The highest BCUT2D eigenvalue weighted by Gasteiger charge is 2.25. The van der Waals surface area contributed by atoms with E-state index in [2.05, 4.69) is 53.4 Å². The summed E-state index contributed by atoms with van der Waals surface area (Å²) < 4.78 is 2.05. The lowest BCUT2D eigenvalue weighted by Gasteiger charge is -2.16. The van der Waals surface area contributed by atoms with Gasteiger partial charge in [-0.25, -0.2) is 0 Å². The maximum atomic E-state index is 12.8. The van der Waals surface area contributed by atoms with Crippen molar-refractivity contribution in [3.8, 4) is 0 Å². The van der Waals surface area contributed by atoms with Crippen molar-refractivity contribution in [2.24, 2.45) is 5.92 Å². The van der Waals surface area contributed by atoms with Gasteiger partial charge in [0.2, 0.25) is 0 Å². The Kier molecular flexibility index (Phi) is 5.51. The van der Waals surface area contributed by atoms with Gasteiger partial charge in [0, 0.05) is 37.6 Å². The fourth-order valence-electron chi connectivity index (χ4n) is 3.89. The fraction of sp³-hybridized carbons (Fsp3) is 0.455. The Balaban J connectivity index is 1.40. The highest BCUT2D eigenvalue weighted by atomic mass is 32.1. The Bertz CT molecular complexity index is 960. The summed E-state index contributed by atoms with van der Waals surface area (Å²) in [6.45, 7) is 10.1. The predicted molar refractivity (Wildman–Crippen MR) is 115 cm³/mol. The van der Waals surface area contributed by atoms with Gasteiger partial charge < -0.3 is 5.32 Å². The largest absolute Gasteiger partial charge is 0.347 e. The topological polar surface area (TPSA) is 50.2 Å². The average Bonchev–Trinajstić information content (AvgIpc) is 3.34. The summed E-state index contributed by atoms with van der Waals surface area (Å²) in [4.78, 5) is 17.1. The molecule has 1 saturated heterocycles. The van der Waals surface area contributed by atoms with Crippen LogP contribution in [0, 0.1) is 12.8 Å². The van der Waals surface area contributed by atoms with Crippen LogP contribution in [0.2, 0.25) is 0 Å². The van der Waals surface area contributed by atoms with Crippen LogP contribution >= 0.6 is 11.3 Å². The summed E-state index contributed by atoms with van der Waals surface area (Å²) in [6.07, 6.45) is 1.00. The van der Waals surface area contributed by atoms with Gasteiger partial charge in [-0.2, -0.15) is 5.10 Å². The van der Waals surface area contributed by atoms with Crippen LogP contribution in [0.3, 0.4) is 0 Å². The molecule has 0 aliphatic carbocycles. The molecule has 0 bridgehead atoms. The normalized spacial score (nSPS) is 17.6. The standard InChI is InChI=1S/C22H28N4OS/c1-15(2)12-26-22-19(16(3)24-26)11-20(28-22)21(27)23-18-9-10-25(14-18)13-17-7-5-4-6-8-17/h4-8,11,15,18H,9-10,12-14H2,1-3H3,(H,23,27)/t18-/m1/s1. The first kappa shape index (κ1) is 19.2. The first-order valence-electron chi connectivity index (χ1n) is 10.0. The van der Waals surface area contributed by atoms with E-state index in [1.807, 2.05) is 23.7 Å². The zero-order chi connectivity index (χ0) is 19.7. The molecule has 5 nitrogen and oxygen atoms in total. The molecule has 1 aliphatic rings. The molecule has 1 aliphatic heterocycles. The summed E-state index contributed by atoms with van der Waals surface area (Å²) >= 11 is 1.56. The molecule has 3 heterocycles. The number of benzene rings is 1. The third kappa shape index (κ3) is 4.13. The van der Waals surface area contributed by atoms with Crippen molar-refractivity contribution in [2.75, 3.05) is 13.1 Å². The van der Waals surface area contributed by atoms with Crippen LogP contribution in [-0.4, -0.2) is 39.7 Å². The summed E-state index contributed by atoms with van der Waals surface area (Å²) in [5.41, 5.74) is 2.32. The first-order valence-corrected chi connectivity index (χ1v) is 10.9. The van der Waals surface area contributed by atoms with E-state index in [0.29, 0.717) is 5.92 Å². The molecular formula is C22H28N4OS. The third-order valence-corrected chi connectivity index (χ3v) is 6.37. The van der Waals surface area contributed by atoms with Gasteiger partial charge in [0.1, 0.15) is 4.83 Å². The zero-order valence-corrected chi connectivity index (χ0v) is 17.6. The van der Waals surface area contributed by atoms with Gasteiger partial charge >= 0.3 is 0 Å². The zero-order valence-electron chi connectivity index (χ0n) is 16.8. The lowest BCUT2D eigenvalue weighted by Crippen LogP contribution is -2.36. The number of thiophene rings is 1. The molecule has 0 saturated carbocycles. The summed E-state index contributed by atoms with van der Waals surface area (Å²) in [7, 11) is 0. The van der Waals surface area contributed by atoms with Crippen molar-refractivity contribution in [2.45, 2.75) is 46.3 Å². The molecule has 1 amide bonds. The quantitative estimate of drug-likeness (QED) is 0.683. The Morgan fingerprint density at radius 3 is 2.86 bits per heavy atom. The van der Waals surface area contributed by atoms with Crippen LogP contribution in [0.1, 0.15) is 41.2 Å². The number of fused-ring (bicyclic) bond motifs is 1. The number of amides is 1. The van der Waals surface area contributed by atoms with Crippen molar-refractivity contribution in [3.05, 3.63) is 52.5 Å². The van der Waals surface area contributed by atoms with Crippen LogP contribution < -0.4 is 5.32 Å². The van der Waals surface area contributed by atoms with Crippen molar-refractivity contribution < 1.29 is 4.79 Å². The summed E-state index contributed by atoms with van der Waals surface area (Å²) in [6, 6.07) is 12.7. The summed E-state index contributed by atoms with van der Waals surface area (Å²) in [5, 5.41) is 8.98. The monoisotopic (exact) mass is 396 g/mol. The van der Waals surface area contributed by atoms with Crippen LogP contribution in [0.15, 0.2) is 36.4 Å². The maximum Gasteiger partial charge on any atom is 0.261 e. The van der Waals surface area contributed by atoms with E-state index in [1.54, 1.807) is 11.3 Å². The Morgan fingerprint density at radius 2 is 2.11 bits per heavy atom. The van der Waals surface area contributed by atoms with Gasteiger partial charge in [-0.3, -0.25) is 14.4 Å². The molecule has 1 atom stereocenters. The molecule has 0 unspecified atom stereocenters. The number of rotatable bonds is 6. The van der Waals surface area contributed by atoms with Crippen molar-refractivity contribution >= 4 is 27.5 Å². The van der Waals surface area contributed by atoms with E-state index in [-0.39, 0.29) is 11.9 Å². The minimum atomic E-state index is 0.0447. The van der Waals surface area contributed by atoms with E-state index in [4.69, 9.17) is 0 Å². The van der Waals surface area contributed by atoms with Crippen molar-refractivity contribution in [1.82, 2.24) is 20.0 Å². The predicted octanol–water partition coefficient (Wildman–Crippen LogP) is 4.07. The van der Waals surface area contributed by atoms with Crippen LogP contribution in [0.4, 0.5) is 0 Å². The second-order valence-corrected chi connectivity index (χ2v) is 9.20. The third-order valence-electron chi connectivity index (χ3n) is 5.23. The number of hydrogen-bond acceptors (Lipinski definition) is 4. The van der Waals surface area contributed by atoms with Gasteiger partial charge in [-0.1, -0.05) is 44.2 Å². The molecular weight excluding hydrogens is 368 g/mol. The highest BCUT2D eigenvalue weighted by Crippen LogP contribution is 2.29. The first-order chi connectivity index (χ1) is 13.5. The fourth-order valence-corrected chi connectivity index (χ4v) is 4.96. The smallest absolute Gasteiger partial charge is 0.261 e. The Morgan fingerprint density at radius 1 is 1.32 bits per heavy atom. The average molecular weight is 397 g/mol. The number of nitrogens with one attached hydrogen (secondary N) is 1. The molecule has 148 valence electrons. The van der Waals surface area contributed by atoms with E-state index in [0.717, 1.165) is 53.4 Å². The molecule has 4 rings (SSSR count). The number of carbonyl (C=O) groups is 1. The molecule has 3 aromatic rings. The van der Waals surface area contributed by atoms with Gasteiger partial charge in [0.05, 0.1) is 10.6 Å². The lowest BCUT2D eigenvalue weighted by molar-refractivity contribution is 0.0942. The van der Waals surface area contributed by atoms with E-state index < -0.39 is 0 Å². The summed E-state index contributed by atoms with van der Waals surface area (Å²) in [5.74, 6) is 0.569. The van der Waals surface area contributed by atoms with Crippen LogP contribution in [-0.2, 0) is 13.1 Å². The molecule has 1 fully saturated rings. The van der Waals surface area contributed by atoms with Crippen molar-refractivity contribution in [1.29, 1.82) is 0 Å². The molecule has 6 heteroatoms. The van der Waals surface area contributed by atoms with Gasteiger partial charge in [0.25, 0.3) is 5.91 Å². The number of carbonyl (C=O) groups excluding carboxylic acids is 1. The number of likely N-dealkylation sites (tertiary alicyclic amines) is 1. The lowest BCUT2D eigenvalue weighted by atomic mass is 10.2. The van der Waals surface area contributed by atoms with Crippen molar-refractivity contribution in [3.63, 3.8) is 0 Å². The highest BCUT2D eigenvalue weighted by molar-refractivity contribution is 7.20. The molecule has 28 heavy (non-hydrogen) atoms. The second-order valence-electron chi connectivity index (χ2n) is 8.17. The Hall–Kier alpha value is -2.18. The molecule has 0 spiro atoms. The van der Waals surface area contributed by atoms with Gasteiger partial charge in [0.15, 0.2) is 0 Å². The molecule has 1 aromatic carbocycles. The number of aryl methyl sites for hydroxylation is 1.